The van der Waals surface area contributed by atoms with Crippen molar-refractivity contribution in [3.8, 4) is 5.88 Å². The molecular weight excluding hydrogens is 266 g/mol. The van der Waals surface area contributed by atoms with Crippen LogP contribution in [-0.4, -0.2) is 35.3 Å². The molecule has 0 spiro atoms. The molecule has 1 heterocycles. The first-order valence-corrected chi connectivity index (χ1v) is 7.83. The van der Waals surface area contributed by atoms with Crippen LogP contribution < -0.4 is 10.1 Å². The number of ether oxygens (including phenoxy) is 2. The Bertz CT molecular complexity index is 416. The molecule has 0 saturated carbocycles. The highest BCUT2D eigenvalue weighted by molar-refractivity contribution is 5.38. The zero-order valence-corrected chi connectivity index (χ0v) is 14.0. The summed E-state index contributed by atoms with van der Waals surface area (Å²) in [6.45, 7) is 12.3. The minimum Gasteiger partial charge on any atom is -0.475 e. The first-order chi connectivity index (χ1) is 9.94. The second kappa shape index (κ2) is 8.82. The van der Waals surface area contributed by atoms with Gasteiger partial charge in [0.05, 0.1) is 12.2 Å². The minimum atomic E-state index is -0.143. The van der Waals surface area contributed by atoms with Crippen LogP contribution in [0.15, 0.2) is 6.07 Å². The standard InChI is InChI=1S/C16H29N3O2/c1-6-8-13-18-14(17-9-7-2)12-15(19-13)20-10-11-21-16(3,4)5/h12H,6-11H2,1-5H3,(H,17,18,19). The largest absolute Gasteiger partial charge is 0.475 e. The maximum Gasteiger partial charge on any atom is 0.218 e. The second-order valence-electron chi connectivity index (χ2n) is 5.99. The first-order valence-electron chi connectivity index (χ1n) is 7.83. The van der Waals surface area contributed by atoms with E-state index in [1.807, 2.05) is 26.8 Å². The van der Waals surface area contributed by atoms with Gasteiger partial charge >= 0.3 is 0 Å². The summed E-state index contributed by atoms with van der Waals surface area (Å²) < 4.78 is 11.3. The lowest BCUT2D eigenvalue weighted by Gasteiger charge is -2.19. The fraction of sp³-hybridized carbons (Fsp3) is 0.750. The molecule has 0 aliphatic rings. The first kappa shape index (κ1) is 17.7. The van der Waals surface area contributed by atoms with E-state index in [0.29, 0.717) is 19.1 Å². The third-order valence-electron chi connectivity index (χ3n) is 2.65. The Morgan fingerprint density at radius 1 is 1.10 bits per heavy atom. The average Bonchev–Trinajstić information content (AvgIpc) is 2.41. The van der Waals surface area contributed by atoms with Gasteiger partial charge in [-0.1, -0.05) is 13.8 Å². The number of hydrogen-bond acceptors (Lipinski definition) is 5. The summed E-state index contributed by atoms with van der Waals surface area (Å²) in [5.41, 5.74) is -0.143. The smallest absolute Gasteiger partial charge is 0.218 e. The monoisotopic (exact) mass is 295 g/mol. The average molecular weight is 295 g/mol. The summed E-state index contributed by atoms with van der Waals surface area (Å²) in [5, 5.41) is 3.29. The predicted octanol–water partition coefficient (Wildman–Crippen LogP) is 3.44. The van der Waals surface area contributed by atoms with Gasteiger partial charge in [-0.15, -0.1) is 0 Å². The van der Waals surface area contributed by atoms with E-state index in [1.54, 1.807) is 0 Å². The van der Waals surface area contributed by atoms with Crippen LogP contribution in [0.2, 0.25) is 0 Å². The predicted molar refractivity (Wildman–Crippen MR) is 86.0 cm³/mol. The highest BCUT2D eigenvalue weighted by Crippen LogP contribution is 2.15. The van der Waals surface area contributed by atoms with Gasteiger partial charge in [0.25, 0.3) is 0 Å². The Kier molecular flexibility index (Phi) is 7.43. The quantitative estimate of drug-likeness (QED) is 0.707. The van der Waals surface area contributed by atoms with Crippen LogP contribution in [0.1, 0.15) is 53.3 Å². The van der Waals surface area contributed by atoms with Crippen LogP contribution >= 0.6 is 0 Å². The topological polar surface area (TPSA) is 56.3 Å². The lowest BCUT2D eigenvalue weighted by atomic mass is 10.2. The van der Waals surface area contributed by atoms with Crippen molar-refractivity contribution >= 4 is 5.82 Å². The summed E-state index contributed by atoms with van der Waals surface area (Å²) in [6.07, 6.45) is 2.93. The van der Waals surface area contributed by atoms with Crippen molar-refractivity contribution < 1.29 is 9.47 Å². The number of aromatic nitrogens is 2. The fourth-order valence-corrected chi connectivity index (χ4v) is 1.72. The van der Waals surface area contributed by atoms with Crippen molar-refractivity contribution in [3.63, 3.8) is 0 Å². The molecule has 120 valence electrons. The number of nitrogens with zero attached hydrogens (tertiary/aromatic N) is 2. The summed E-state index contributed by atoms with van der Waals surface area (Å²) in [4.78, 5) is 8.93. The van der Waals surface area contributed by atoms with E-state index in [1.165, 1.54) is 0 Å². The van der Waals surface area contributed by atoms with Crippen LogP contribution in [0.25, 0.3) is 0 Å². The molecule has 0 unspecified atom stereocenters. The van der Waals surface area contributed by atoms with Gasteiger partial charge in [-0.25, -0.2) is 4.98 Å². The molecule has 1 aromatic heterocycles. The van der Waals surface area contributed by atoms with E-state index >= 15 is 0 Å². The third-order valence-corrected chi connectivity index (χ3v) is 2.65. The van der Waals surface area contributed by atoms with Gasteiger partial charge in [0.15, 0.2) is 0 Å². The Morgan fingerprint density at radius 3 is 2.48 bits per heavy atom. The fourth-order valence-electron chi connectivity index (χ4n) is 1.72. The van der Waals surface area contributed by atoms with Crippen LogP contribution in [0.5, 0.6) is 5.88 Å². The Hall–Kier alpha value is -1.36. The van der Waals surface area contributed by atoms with Gasteiger partial charge in [-0.3, -0.25) is 0 Å². The summed E-state index contributed by atoms with van der Waals surface area (Å²) in [5.74, 6) is 2.27. The van der Waals surface area contributed by atoms with Gasteiger partial charge in [0.2, 0.25) is 5.88 Å². The molecule has 0 radical (unpaired) electrons. The highest BCUT2D eigenvalue weighted by Gasteiger charge is 2.10. The maximum absolute atomic E-state index is 5.69. The van der Waals surface area contributed by atoms with Gasteiger partial charge in [0.1, 0.15) is 18.2 Å². The van der Waals surface area contributed by atoms with Crippen molar-refractivity contribution in [1.29, 1.82) is 0 Å². The van der Waals surface area contributed by atoms with E-state index in [-0.39, 0.29) is 5.60 Å². The number of hydrogen-bond donors (Lipinski definition) is 1. The van der Waals surface area contributed by atoms with Gasteiger partial charge in [-0.2, -0.15) is 4.98 Å². The molecule has 0 amide bonds. The Morgan fingerprint density at radius 2 is 1.86 bits per heavy atom. The minimum absolute atomic E-state index is 0.143. The normalized spacial score (nSPS) is 11.5. The molecule has 0 aliphatic heterocycles. The molecule has 0 aromatic carbocycles. The van der Waals surface area contributed by atoms with Crippen molar-refractivity contribution in [1.82, 2.24) is 9.97 Å². The molecule has 0 fully saturated rings. The van der Waals surface area contributed by atoms with Gasteiger partial charge in [-0.05, 0) is 33.6 Å². The van der Waals surface area contributed by atoms with Crippen molar-refractivity contribution in [2.75, 3.05) is 25.1 Å². The molecule has 1 aromatic rings. The van der Waals surface area contributed by atoms with E-state index in [4.69, 9.17) is 9.47 Å². The molecular formula is C16H29N3O2. The van der Waals surface area contributed by atoms with Crippen molar-refractivity contribution in [2.45, 2.75) is 59.5 Å². The molecule has 1 N–H and O–H groups in total. The summed E-state index contributed by atoms with van der Waals surface area (Å²) >= 11 is 0. The summed E-state index contributed by atoms with van der Waals surface area (Å²) in [7, 11) is 0. The zero-order valence-electron chi connectivity index (χ0n) is 14.0. The molecule has 0 bridgehead atoms. The van der Waals surface area contributed by atoms with Gasteiger partial charge < -0.3 is 14.8 Å². The number of aryl methyl sites for hydroxylation is 1. The molecule has 0 aliphatic carbocycles. The lowest BCUT2D eigenvalue weighted by molar-refractivity contribution is -0.0168. The van der Waals surface area contributed by atoms with Crippen LogP contribution in [0.4, 0.5) is 5.82 Å². The lowest BCUT2D eigenvalue weighted by Crippen LogP contribution is -2.22. The second-order valence-corrected chi connectivity index (χ2v) is 5.99. The van der Waals surface area contributed by atoms with Crippen molar-refractivity contribution in [2.24, 2.45) is 0 Å². The van der Waals surface area contributed by atoms with E-state index in [9.17, 15) is 0 Å². The number of nitrogens with one attached hydrogen (secondary N) is 1. The summed E-state index contributed by atoms with van der Waals surface area (Å²) in [6, 6.07) is 1.85. The van der Waals surface area contributed by atoms with Crippen LogP contribution in [0.3, 0.4) is 0 Å². The van der Waals surface area contributed by atoms with E-state index < -0.39 is 0 Å². The molecule has 5 nitrogen and oxygen atoms in total. The van der Waals surface area contributed by atoms with Crippen LogP contribution in [-0.2, 0) is 11.2 Å². The van der Waals surface area contributed by atoms with Crippen LogP contribution in [0, 0.1) is 0 Å². The Labute approximate surface area is 128 Å². The Balaban J connectivity index is 2.60. The van der Waals surface area contributed by atoms with E-state index in [0.717, 1.165) is 37.4 Å². The molecule has 5 heteroatoms. The van der Waals surface area contributed by atoms with E-state index in [2.05, 4.69) is 29.1 Å². The van der Waals surface area contributed by atoms with Crippen molar-refractivity contribution in [3.05, 3.63) is 11.9 Å². The number of anilines is 1. The maximum atomic E-state index is 5.69. The highest BCUT2D eigenvalue weighted by atomic mass is 16.5. The number of rotatable bonds is 9. The SMILES string of the molecule is CCCNc1cc(OCCOC(C)(C)C)nc(CCC)n1. The zero-order chi connectivity index (χ0) is 15.7. The molecule has 21 heavy (non-hydrogen) atoms. The van der Waals surface area contributed by atoms with Gasteiger partial charge in [0, 0.05) is 19.0 Å². The molecule has 1 rings (SSSR count). The third kappa shape index (κ3) is 7.85. The molecule has 0 saturated heterocycles. The molecule has 0 atom stereocenters.